The summed E-state index contributed by atoms with van der Waals surface area (Å²) in [6.07, 6.45) is 0. The number of hydrogen-bond donors (Lipinski definition) is 2. The van der Waals surface area contributed by atoms with E-state index >= 15 is 0 Å². The fourth-order valence-corrected chi connectivity index (χ4v) is 3.30. The van der Waals surface area contributed by atoms with Crippen LogP contribution in [0.4, 0.5) is 10.1 Å². The van der Waals surface area contributed by atoms with Gasteiger partial charge in [-0.25, -0.2) is 4.39 Å². The molecule has 0 saturated carbocycles. The van der Waals surface area contributed by atoms with Crippen LogP contribution in [0.25, 0.3) is 0 Å². The minimum absolute atomic E-state index is 0.0667. The zero-order valence-corrected chi connectivity index (χ0v) is 13.8. The van der Waals surface area contributed by atoms with Gasteiger partial charge in [0, 0.05) is 4.88 Å². The molecular weight excluding hydrogens is 327 g/mol. The molecule has 1 heterocycles. The van der Waals surface area contributed by atoms with Gasteiger partial charge in [-0.15, -0.1) is 11.3 Å². The van der Waals surface area contributed by atoms with Crippen LogP contribution >= 0.6 is 23.6 Å². The molecule has 0 aliphatic carbocycles. The molecule has 0 radical (unpaired) electrons. The summed E-state index contributed by atoms with van der Waals surface area (Å²) in [7, 11) is 0. The van der Waals surface area contributed by atoms with Crippen molar-refractivity contribution in [3.63, 3.8) is 0 Å². The van der Waals surface area contributed by atoms with Gasteiger partial charge in [-0.3, -0.25) is 0 Å². The zero-order chi connectivity index (χ0) is 16.1. The Morgan fingerprint density at radius 1 is 0.957 bits per heavy atom. The van der Waals surface area contributed by atoms with Gasteiger partial charge in [-0.2, -0.15) is 0 Å². The first-order valence-electron chi connectivity index (χ1n) is 7.14. The van der Waals surface area contributed by atoms with Crippen LogP contribution in [0.3, 0.4) is 0 Å². The van der Waals surface area contributed by atoms with E-state index in [1.165, 1.54) is 6.07 Å². The van der Waals surface area contributed by atoms with E-state index in [4.69, 9.17) is 12.2 Å². The lowest BCUT2D eigenvalue weighted by Gasteiger charge is -2.20. The Morgan fingerprint density at radius 3 is 2.39 bits per heavy atom. The highest BCUT2D eigenvalue weighted by Gasteiger charge is 2.16. The lowest BCUT2D eigenvalue weighted by atomic mass is 10.1. The number of anilines is 1. The number of thiophene rings is 1. The summed E-state index contributed by atoms with van der Waals surface area (Å²) in [6.45, 7) is 0. The monoisotopic (exact) mass is 342 g/mol. The number of thiocarbonyl (C=S) groups is 1. The van der Waals surface area contributed by atoms with Crippen molar-refractivity contribution in [1.82, 2.24) is 5.32 Å². The molecule has 0 saturated heterocycles. The Bertz CT molecular complexity index is 773. The average molecular weight is 342 g/mol. The van der Waals surface area contributed by atoms with Gasteiger partial charge in [0.25, 0.3) is 0 Å². The quantitative estimate of drug-likeness (QED) is 0.655. The van der Waals surface area contributed by atoms with E-state index in [-0.39, 0.29) is 11.9 Å². The van der Waals surface area contributed by atoms with Crippen LogP contribution in [0.2, 0.25) is 0 Å². The van der Waals surface area contributed by atoms with Crippen LogP contribution in [0.5, 0.6) is 0 Å². The fourth-order valence-electron chi connectivity index (χ4n) is 2.27. The van der Waals surface area contributed by atoms with Gasteiger partial charge >= 0.3 is 0 Å². The summed E-state index contributed by atoms with van der Waals surface area (Å²) < 4.78 is 13.7. The third-order valence-corrected chi connectivity index (χ3v) is 4.52. The molecule has 1 aromatic heterocycles. The van der Waals surface area contributed by atoms with Crippen molar-refractivity contribution in [2.45, 2.75) is 6.04 Å². The normalized spacial score (nSPS) is 11.7. The van der Waals surface area contributed by atoms with E-state index in [2.05, 4.69) is 16.7 Å². The van der Waals surface area contributed by atoms with Crippen LogP contribution in [-0.4, -0.2) is 5.11 Å². The van der Waals surface area contributed by atoms with Crippen LogP contribution in [0.15, 0.2) is 72.1 Å². The van der Waals surface area contributed by atoms with E-state index in [1.54, 1.807) is 29.5 Å². The predicted molar refractivity (Wildman–Crippen MR) is 98.4 cm³/mol. The molecule has 1 atom stereocenters. The molecular formula is C18H15FN2S2. The second-order valence-electron chi connectivity index (χ2n) is 4.94. The van der Waals surface area contributed by atoms with E-state index in [0.29, 0.717) is 10.8 Å². The second-order valence-corrected chi connectivity index (χ2v) is 6.32. The third-order valence-electron chi connectivity index (χ3n) is 3.36. The molecule has 23 heavy (non-hydrogen) atoms. The van der Waals surface area contributed by atoms with Gasteiger partial charge < -0.3 is 10.6 Å². The molecule has 3 aromatic rings. The maximum Gasteiger partial charge on any atom is 0.171 e. The van der Waals surface area contributed by atoms with Crippen molar-refractivity contribution in [3.05, 3.63) is 88.4 Å². The molecule has 116 valence electrons. The summed E-state index contributed by atoms with van der Waals surface area (Å²) in [6, 6.07) is 20.5. The highest BCUT2D eigenvalue weighted by molar-refractivity contribution is 7.80. The molecule has 0 amide bonds. The van der Waals surface area contributed by atoms with Crippen molar-refractivity contribution in [2.24, 2.45) is 0 Å². The molecule has 2 aromatic carbocycles. The minimum atomic E-state index is -0.330. The van der Waals surface area contributed by atoms with E-state index < -0.39 is 0 Å². The highest BCUT2D eigenvalue weighted by atomic mass is 32.1. The fraction of sp³-hybridized carbons (Fsp3) is 0.0556. The van der Waals surface area contributed by atoms with Gasteiger partial charge in [0.2, 0.25) is 0 Å². The largest absolute Gasteiger partial charge is 0.351 e. The summed E-state index contributed by atoms with van der Waals surface area (Å²) in [5, 5.41) is 8.61. The standard InChI is InChI=1S/C18H15FN2S2/c19-14-9-4-5-10-15(14)20-18(22)21-17(16-11-6-12-23-16)13-7-2-1-3-8-13/h1-12,17H,(H2,20,21,22)/t17-/m1/s1. The maximum absolute atomic E-state index is 13.7. The van der Waals surface area contributed by atoms with Crippen molar-refractivity contribution in [3.8, 4) is 0 Å². The van der Waals surface area contributed by atoms with Crippen molar-refractivity contribution < 1.29 is 4.39 Å². The van der Waals surface area contributed by atoms with Crippen molar-refractivity contribution in [1.29, 1.82) is 0 Å². The van der Waals surface area contributed by atoms with Gasteiger partial charge in [-0.05, 0) is 41.4 Å². The lowest BCUT2D eigenvalue weighted by Crippen LogP contribution is -2.32. The molecule has 0 aliphatic heterocycles. The van der Waals surface area contributed by atoms with Gasteiger partial charge in [0.1, 0.15) is 5.82 Å². The van der Waals surface area contributed by atoms with Crippen LogP contribution in [0.1, 0.15) is 16.5 Å². The Labute approximate surface area is 144 Å². The first kappa shape index (κ1) is 15.6. The van der Waals surface area contributed by atoms with Gasteiger partial charge in [0.05, 0.1) is 11.7 Å². The number of halogens is 1. The smallest absolute Gasteiger partial charge is 0.171 e. The number of nitrogens with one attached hydrogen (secondary N) is 2. The summed E-state index contributed by atoms with van der Waals surface area (Å²) >= 11 is 7.01. The molecule has 0 bridgehead atoms. The topological polar surface area (TPSA) is 24.1 Å². The van der Waals surface area contributed by atoms with Crippen LogP contribution in [0, 0.1) is 5.82 Å². The summed E-state index contributed by atoms with van der Waals surface area (Å²) in [5.74, 6) is -0.330. The maximum atomic E-state index is 13.7. The Hall–Kier alpha value is -2.24. The van der Waals surface area contributed by atoms with E-state index in [0.717, 1.165) is 10.4 Å². The molecule has 2 N–H and O–H groups in total. The number of rotatable bonds is 4. The van der Waals surface area contributed by atoms with Gasteiger partial charge in [-0.1, -0.05) is 48.5 Å². The first-order chi connectivity index (χ1) is 11.2. The van der Waals surface area contributed by atoms with E-state index in [9.17, 15) is 4.39 Å². The molecule has 3 rings (SSSR count). The number of para-hydroxylation sites is 1. The molecule has 5 heteroatoms. The summed E-state index contributed by atoms with van der Waals surface area (Å²) in [5.41, 5.74) is 1.47. The molecule has 2 nitrogen and oxygen atoms in total. The van der Waals surface area contributed by atoms with Crippen LogP contribution < -0.4 is 10.6 Å². The predicted octanol–water partition coefficient (Wildman–Crippen LogP) is 4.96. The Kier molecular flexibility index (Phi) is 5.00. The molecule has 0 unspecified atom stereocenters. The van der Waals surface area contributed by atoms with Crippen molar-refractivity contribution >= 4 is 34.4 Å². The Balaban J connectivity index is 1.79. The van der Waals surface area contributed by atoms with Crippen LogP contribution in [-0.2, 0) is 0 Å². The first-order valence-corrected chi connectivity index (χ1v) is 8.43. The number of hydrogen-bond acceptors (Lipinski definition) is 2. The SMILES string of the molecule is Fc1ccccc1NC(=S)N[C@H](c1ccccc1)c1cccs1. The molecule has 0 fully saturated rings. The average Bonchev–Trinajstić information content (AvgIpc) is 3.10. The number of benzene rings is 2. The molecule has 0 aliphatic rings. The zero-order valence-electron chi connectivity index (χ0n) is 12.2. The van der Waals surface area contributed by atoms with Crippen molar-refractivity contribution in [2.75, 3.05) is 5.32 Å². The third kappa shape index (κ3) is 3.94. The van der Waals surface area contributed by atoms with E-state index in [1.807, 2.05) is 41.8 Å². The molecule has 0 spiro atoms. The minimum Gasteiger partial charge on any atom is -0.351 e. The second kappa shape index (κ2) is 7.35. The Morgan fingerprint density at radius 2 is 1.70 bits per heavy atom. The van der Waals surface area contributed by atoms with Gasteiger partial charge in [0.15, 0.2) is 5.11 Å². The summed E-state index contributed by atoms with van der Waals surface area (Å²) in [4.78, 5) is 1.15. The highest BCUT2D eigenvalue weighted by Crippen LogP contribution is 2.26. The lowest BCUT2D eigenvalue weighted by molar-refractivity contribution is 0.632.